The van der Waals surface area contributed by atoms with Crippen LogP contribution in [0.2, 0.25) is 5.02 Å². The van der Waals surface area contributed by atoms with Crippen LogP contribution in [0, 0.1) is 5.41 Å². The van der Waals surface area contributed by atoms with Gasteiger partial charge < -0.3 is 0 Å². The lowest BCUT2D eigenvalue weighted by molar-refractivity contribution is 0.0882. The number of nitrogens with zero attached hydrogens (tertiary/aromatic N) is 2. The van der Waals surface area contributed by atoms with E-state index in [1.54, 1.807) is 6.92 Å². The van der Waals surface area contributed by atoms with Gasteiger partial charge in [-0.15, -0.1) is 0 Å². The molecule has 2 unspecified atom stereocenters. The van der Waals surface area contributed by atoms with E-state index in [4.69, 9.17) is 11.6 Å². The Morgan fingerprint density at radius 1 is 1.87 bits per heavy atom. The van der Waals surface area contributed by atoms with E-state index in [2.05, 4.69) is 5.10 Å². The zero-order valence-electron chi connectivity index (χ0n) is 8.63. The average Bonchev–Trinajstić information content (AvgIpc) is 2.66. The molecule has 0 radical (unpaired) electrons. The lowest BCUT2D eigenvalue weighted by Crippen LogP contribution is -2.20. The SMILES string of the molecule is CCn1ncc(Cl)c1C(=O)C1(C)CC1F. The van der Waals surface area contributed by atoms with Gasteiger partial charge in [-0.1, -0.05) is 11.6 Å². The summed E-state index contributed by atoms with van der Waals surface area (Å²) >= 11 is 5.87. The average molecular weight is 231 g/mol. The van der Waals surface area contributed by atoms with Crippen LogP contribution >= 0.6 is 11.6 Å². The van der Waals surface area contributed by atoms with Gasteiger partial charge in [-0.05, 0) is 20.3 Å². The van der Waals surface area contributed by atoms with E-state index in [0.717, 1.165) is 0 Å². The highest BCUT2D eigenvalue weighted by Crippen LogP contribution is 2.51. The summed E-state index contributed by atoms with van der Waals surface area (Å²) in [5.41, 5.74) is -0.543. The molecule has 1 heterocycles. The third-order valence-electron chi connectivity index (χ3n) is 2.96. The van der Waals surface area contributed by atoms with Crippen molar-refractivity contribution in [2.24, 2.45) is 5.41 Å². The smallest absolute Gasteiger partial charge is 0.191 e. The predicted molar refractivity (Wildman–Crippen MR) is 54.9 cm³/mol. The fourth-order valence-electron chi connectivity index (χ4n) is 1.65. The number of alkyl halides is 1. The normalized spacial score (nSPS) is 29.2. The Morgan fingerprint density at radius 3 is 2.93 bits per heavy atom. The highest BCUT2D eigenvalue weighted by Gasteiger charge is 2.58. The summed E-state index contributed by atoms with van der Waals surface area (Å²) in [6.07, 6.45) is 0.676. The molecule has 5 heteroatoms. The first-order valence-corrected chi connectivity index (χ1v) is 5.28. The van der Waals surface area contributed by atoms with Crippen molar-refractivity contribution in [1.82, 2.24) is 9.78 Å². The Bertz CT molecular complexity index is 418. The Balaban J connectivity index is 2.37. The van der Waals surface area contributed by atoms with Crippen molar-refractivity contribution in [2.75, 3.05) is 0 Å². The first-order chi connectivity index (χ1) is 7.00. The molecule has 0 bridgehead atoms. The van der Waals surface area contributed by atoms with Crippen LogP contribution in [0.4, 0.5) is 4.39 Å². The number of aromatic nitrogens is 2. The molecule has 0 N–H and O–H groups in total. The topological polar surface area (TPSA) is 34.9 Å². The molecule has 0 spiro atoms. The lowest BCUT2D eigenvalue weighted by Gasteiger charge is -2.09. The molecule has 0 saturated heterocycles. The van der Waals surface area contributed by atoms with Gasteiger partial charge in [0.2, 0.25) is 0 Å². The third-order valence-corrected chi connectivity index (χ3v) is 3.24. The summed E-state index contributed by atoms with van der Waals surface area (Å²) in [6.45, 7) is 4.05. The Kier molecular flexibility index (Phi) is 2.34. The molecule has 2 rings (SSSR count). The zero-order chi connectivity index (χ0) is 11.2. The van der Waals surface area contributed by atoms with Gasteiger partial charge in [0, 0.05) is 6.54 Å². The summed E-state index contributed by atoms with van der Waals surface area (Å²) in [7, 11) is 0. The third kappa shape index (κ3) is 1.47. The van der Waals surface area contributed by atoms with Crippen LogP contribution in [0.5, 0.6) is 0 Å². The zero-order valence-corrected chi connectivity index (χ0v) is 9.38. The van der Waals surface area contributed by atoms with Crippen LogP contribution < -0.4 is 0 Å². The molecule has 0 aromatic carbocycles. The predicted octanol–water partition coefficient (Wildman–Crippen LogP) is 2.49. The van der Waals surface area contributed by atoms with Gasteiger partial charge in [0.15, 0.2) is 5.78 Å². The molecule has 82 valence electrons. The maximum absolute atomic E-state index is 13.1. The molecule has 1 aromatic heterocycles. The molecular weight excluding hydrogens is 219 g/mol. The van der Waals surface area contributed by atoms with Crippen molar-refractivity contribution in [3.63, 3.8) is 0 Å². The standard InChI is InChI=1S/C10H12ClFN2O/c1-3-14-8(6(11)5-13-14)9(15)10(2)4-7(10)12/h5,7H,3-4H2,1-2H3. The van der Waals surface area contributed by atoms with Crippen molar-refractivity contribution >= 4 is 17.4 Å². The minimum absolute atomic E-state index is 0.237. The number of Topliss-reactive ketones (excluding diaryl/α,β-unsaturated/α-hetero) is 1. The Labute approximate surface area is 92.2 Å². The van der Waals surface area contributed by atoms with E-state index in [1.807, 2.05) is 6.92 Å². The van der Waals surface area contributed by atoms with Crippen molar-refractivity contribution in [3.8, 4) is 0 Å². The molecule has 0 aliphatic heterocycles. The molecule has 2 atom stereocenters. The van der Waals surface area contributed by atoms with Crippen LogP contribution in [0.15, 0.2) is 6.20 Å². The Hall–Kier alpha value is -0.900. The maximum Gasteiger partial charge on any atom is 0.191 e. The highest BCUT2D eigenvalue weighted by atomic mass is 35.5. The summed E-state index contributed by atoms with van der Waals surface area (Å²) in [4.78, 5) is 12.0. The van der Waals surface area contributed by atoms with Crippen molar-refractivity contribution in [3.05, 3.63) is 16.9 Å². The van der Waals surface area contributed by atoms with E-state index in [0.29, 0.717) is 17.3 Å². The fraction of sp³-hybridized carbons (Fsp3) is 0.600. The molecule has 1 aliphatic carbocycles. The monoisotopic (exact) mass is 230 g/mol. The molecule has 1 aliphatic rings. The van der Waals surface area contributed by atoms with Gasteiger partial charge in [-0.2, -0.15) is 5.10 Å². The fourth-order valence-corrected chi connectivity index (χ4v) is 1.87. The van der Waals surface area contributed by atoms with Crippen LogP contribution in [0.1, 0.15) is 30.8 Å². The van der Waals surface area contributed by atoms with Crippen molar-refractivity contribution in [1.29, 1.82) is 0 Å². The number of rotatable bonds is 3. The van der Waals surface area contributed by atoms with Crippen molar-refractivity contribution in [2.45, 2.75) is 33.0 Å². The van der Waals surface area contributed by atoms with Gasteiger partial charge in [0.1, 0.15) is 11.9 Å². The Morgan fingerprint density at radius 2 is 2.47 bits per heavy atom. The largest absolute Gasteiger partial charge is 0.292 e. The van der Waals surface area contributed by atoms with Crippen LogP contribution in [0.3, 0.4) is 0 Å². The second-order valence-corrected chi connectivity index (χ2v) is 4.48. The van der Waals surface area contributed by atoms with E-state index in [9.17, 15) is 9.18 Å². The number of carbonyl (C=O) groups excluding carboxylic acids is 1. The van der Waals surface area contributed by atoms with E-state index < -0.39 is 11.6 Å². The number of hydrogen-bond acceptors (Lipinski definition) is 2. The number of ketones is 1. The van der Waals surface area contributed by atoms with Crippen LogP contribution in [-0.2, 0) is 6.54 Å². The quantitative estimate of drug-likeness (QED) is 0.748. The number of halogens is 2. The van der Waals surface area contributed by atoms with Gasteiger partial charge in [0.25, 0.3) is 0 Å². The summed E-state index contributed by atoms with van der Waals surface area (Å²) < 4.78 is 14.6. The molecule has 1 aromatic rings. The number of hydrogen-bond donors (Lipinski definition) is 0. The second kappa shape index (κ2) is 3.30. The van der Waals surface area contributed by atoms with E-state index >= 15 is 0 Å². The molecule has 1 saturated carbocycles. The second-order valence-electron chi connectivity index (χ2n) is 4.08. The summed E-state index contributed by atoms with van der Waals surface area (Å²) in [5, 5.41) is 4.27. The molecule has 1 fully saturated rings. The minimum Gasteiger partial charge on any atom is -0.292 e. The van der Waals surface area contributed by atoms with Gasteiger partial charge >= 0.3 is 0 Å². The van der Waals surface area contributed by atoms with Crippen LogP contribution in [-0.4, -0.2) is 21.7 Å². The molecule has 3 nitrogen and oxygen atoms in total. The first kappa shape index (κ1) is 10.6. The molecule has 0 amide bonds. The number of aryl methyl sites for hydroxylation is 1. The van der Waals surface area contributed by atoms with E-state index in [-0.39, 0.29) is 12.2 Å². The van der Waals surface area contributed by atoms with Crippen molar-refractivity contribution < 1.29 is 9.18 Å². The molecule has 15 heavy (non-hydrogen) atoms. The summed E-state index contributed by atoms with van der Waals surface area (Å²) in [6, 6.07) is 0. The first-order valence-electron chi connectivity index (χ1n) is 4.91. The van der Waals surface area contributed by atoms with Gasteiger partial charge in [-0.25, -0.2) is 4.39 Å². The summed E-state index contributed by atoms with van der Waals surface area (Å²) in [5.74, 6) is -0.237. The van der Waals surface area contributed by atoms with Gasteiger partial charge in [0.05, 0.1) is 16.6 Å². The van der Waals surface area contributed by atoms with E-state index in [1.165, 1.54) is 10.9 Å². The maximum atomic E-state index is 13.1. The highest BCUT2D eigenvalue weighted by molar-refractivity contribution is 6.34. The minimum atomic E-state index is -1.04. The van der Waals surface area contributed by atoms with Crippen LogP contribution in [0.25, 0.3) is 0 Å². The number of carbonyl (C=O) groups is 1. The molecular formula is C10H12ClFN2O. The van der Waals surface area contributed by atoms with Gasteiger partial charge in [-0.3, -0.25) is 9.48 Å². The lowest BCUT2D eigenvalue weighted by atomic mass is 10.0.